The second-order valence-electron chi connectivity index (χ2n) is 6.71. The number of hydrogen-bond donors (Lipinski definition) is 1. The SMILES string of the molecule is Cc1ccc(S(=O)(=O)N2CCCC2C(=O)Nc2nc3ccc(Cl)cc3s2)cc1. The summed E-state index contributed by atoms with van der Waals surface area (Å²) in [7, 11) is -3.73. The second-order valence-corrected chi connectivity index (χ2v) is 10.1. The van der Waals surface area contributed by atoms with Gasteiger partial charge in [-0.1, -0.05) is 40.6 Å². The summed E-state index contributed by atoms with van der Waals surface area (Å²) in [5.41, 5.74) is 1.71. The van der Waals surface area contributed by atoms with E-state index in [2.05, 4.69) is 10.3 Å². The van der Waals surface area contributed by atoms with Crippen molar-refractivity contribution < 1.29 is 13.2 Å². The zero-order valence-electron chi connectivity index (χ0n) is 15.1. The molecule has 1 aromatic heterocycles. The van der Waals surface area contributed by atoms with Crippen molar-refractivity contribution in [3.63, 3.8) is 0 Å². The monoisotopic (exact) mass is 435 g/mol. The second kappa shape index (κ2) is 7.44. The number of aryl methyl sites for hydroxylation is 1. The Morgan fingerprint density at radius 3 is 2.75 bits per heavy atom. The molecule has 0 spiro atoms. The van der Waals surface area contributed by atoms with Crippen LogP contribution in [0.15, 0.2) is 47.4 Å². The van der Waals surface area contributed by atoms with Crippen molar-refractivity contribution in [2.24, 2.45) is 0 Å². The van der Waals surface area contributed by atoms with Gasteiger partial charge in [0, 0.05) is 11.6 Å². The average Bonchev–Trinajstić information content (AvgIpc) is 3.28. The fourth-order valence-electron chi connectivity index (χ4n) is 3.28. The zero-order valence-corrected chi connectivity index (χ0v) is 17.4. The largest absolute Gasteiger partial charge is 0.301 e. The number of fused-ring (bicyclic) bond motifs is 1. The maximum atomic E-state index is 13.0. The molecule has 4 rings (SSSR count). The van der Waals surface area contributed by atoms with Gasteiger partial charge < -0.3 is 5.32 Å². The number of aromatic nitrogens is 1. The van der Waals surface area contributed by atoms with E-state index in [1.807, 2.05) is 6.92 Å². The van der Waals surface area contributed by atoms with Crippen molar-refractivity contribution in [2.45, 2.75) is 30.7 Å². The van der Waals surface area contributed by atoms with Gasteiger partial charge in [0.2, 0.25) is 15.9 Å². The Kier molecular flexibility index (Phi) is 5.13. The summed E-state index contributed by atoms with van der Waals surface area (Å²) in [6.45, 7) is 2.22. The van der Waals surface area contributed by atoms with E-state index in [0.717, 1.165) is 15.8 Å². The van der Waals surface area contributed by atoms with Crippen LogP contribution in [0.1, 0.15) is 18.4 Å². The van der Waals surface area contributed by atoms with Crippen LogP contribution in [0.5, 0.6) is 0 Å². The topological polar surface area (TPSA) is 79.4 Å². The number of benzene rings is 2. The average molecular weight is 436 g/mol. The first kappa shape index (κ1) is 19.3. The lowest BCUT2D eigenvalue weighted by Crippen LogP contribution is -2.43. The van der Waals surface area contributed by atoms with Crippen molar-refractivity contribution in [1.82, 2.24) is 9.29 Å². The van der Waals surface area contributed by atoms with Gasteiger partial charge in [-0.3, -0.25) is 4.79 Å². The Hall–Kier alpha value is -2.00. The lowest BCUT2D eigenvalue weighted by molar-refractivity contribution is -0.119. The summed E-state index contributed by atoms with van der Waals surface area (Å²) < 4.78 is 28.2. The fraction of sp³-hybridized carbons (Fsp3) is 0.263. The molecule has 1 aliphatic rings. The number of thiazole rings is 1. The molecule has 6 nitrogen and oxygen atoms in total. The van der Waals surface area contributed by atoms with E-state index in [1.54, 1.807) is 42.5 Å². The quantitative estimate of drug-likeness (QED) is 0.670. The molecular weight excluding hydrogens is 418 g/mol. The molecule has 2 aromatic carbocycles. The standard InChI is InChI=1S/C19H18ClN3O3S2/c1-12-4-7-14(8-5-12)28(25,26)23-10-2-3-16(23)18(24)22-19-21-15-9-6-13(20)11-17(15)27-19/h4-9,11,16H,2-3,10H2,1H3,(H,21,22,24). The highest BCUT2D eigenvalue weighted by Gasteiger charge is 2.39. The van der Waals surface area contributed by atoms with Gasteiger partial charge in [0.1, 0.15) is 6.04 Å². The molecule has 1 N–H and O–H groups in total. The lowest BCUT2D eigenvalue weighted by Gasteiger charge is -2.23. The van der Waals surface area contributed by atoms with Crippen LogP contribution in [-0.4, -0.2) is 36.2 Å². The van der Waals surface area contributed by atoms with Crippen molar-refractivity contribution in [3.8, 4) is 0 Å². The van der Waals surface area contributed by atoms with E-state index in [9.17, 15) is 13.2 Å². The number of carbonyl (C=O) groups is 1. The minimum absolute atomic E-state index is 0.201. The van der Waals surface area contributed by atoms with Gasteiger partial charge in [-0.2, -0.15) is 4.31 Å². The molecule has 0 bridgehead atoms. The summed E-state index contributed by atoms with van der Waals surface area (Å²) in [4.78, 5) is 17.4. The summed E-state index contributed by atoms with van der Waals surface area (Å²) in [5, 5.41) is 3.80. The van der Waals surface area contributed by atoms with Gasteiger partial charge in [-0.15, -0.1) is 0 Å². The molecule has 3 aromatic rings. The molecule has 9 heteroatoms. The van der Waals surface area contributed by atoms with E-state index in [0.29, 0.717) is 29.5 Å². The van der Waals surface area contributed by atoms with Crippen LogP contribution in [0.2, 0.25) is 5.02 Å². The number of sulfonamides is 1. The molecule has 1 aliphatic heterocycles. The predicted molar refractivity (Wildman–Crippen MR) is 111 cm³/mol. The molecule has 1 saturated heterocycles. The van der Waals surface area contributed by atoms with Crippen LogP contribution in [0.4, 0.5) is 5.13 Å². The fourth-order valence-corrected chi connectivity index (χ4v) is 6.08. The number of carbonyl (C=O) groups excluding carboxylic acids is 1. The summed E-state index contributed by atoms with van der Waals surface area (Å²) in [6.07, 6.45) is 1.12. The van der Waals surface area contributed by atoms with Crippen LogP contribution < -0.4 is 5.32 Å². The highest BCUT2D eigenvalue weighted by atomic mass is 35.5. The van der Waals surface area contributed by atoms with E-state index < -0.39 is 16.1 Å². The lowest BCUT2D eigenvalue weighted by atomic mass is 10.2. The third-order valence-electron chi connectivity index (χ3n) is 4.71. The van der Waals surface area contributed by atoms with E-state index in [-0.39, 0.29) is 10.8 Å². The van der Waals surface area contributed by atoms with Crippen molar-refractivity contribution in [3.05, 3.63) is 53.1 Å². The highest BCUT2D eigenvalue weighted by molar-refractivity contribution is 7.89. The molecule has 2 heterocycles. The molecule has 1 amide bonds. The Balaban J connectivity index is 1.56. The molecule has 1 atom stereocenters. The van der Waals surface area contributed by atoms with E-state index >= 15 is 0 Å². The van der Waals surface area contributed by atoms with E-state index in [1.165, 1.54) is 15.6 Å². The van der Waals surface area contributed by atoms with Crippen LogP contribution in [0.3, 0.4) is 0 Å². The third-order valence-corrected chi connectivity index (χ3v) is 7.81. The van der Waals surface area contributed by atoms with Crippen molar-refractivity contribution >= 4 is 54.2 Å². The summed E-state index contributed by atoms with van der Waals surface area (Å²) >= 11 is 7.30. The van der Waals surface area contributed by atoms with E-state index in [4.69, 9.17) is 11.6 Å². The van der Waals surface area contributed by atoms with Crippen LogP contribution >= 0.6 is 22.9 Å². The number of rotatable bonds is 4. The van der Waals surface area contributed by atoms with Crippen LogP contribution in [0.25, 0.3) is 10.2 Å². The molecule has 28 heavy (non-hydrogen) atoms. The number of nitrogens with one attached hydrogen (secondary N) is 1. The molecule has 0 saturated carbocycles. The minimum atomic E-state index is -3.73. The maximum Gasteiger partial charge on any atom is 0.244 e. The minimum Gasteiger partial charge on any atom is -0.301 e. The summed E-state index contributed by atoms with van der Waals surface area (Å²) in [5.74, 6) is -0.363. The normalized spacial score (nSPS) is 17.9. The predicted octanol–water partition coefficient (Wildman–Crippen LogP) is 4.05. The molecule has 0 aliphatic carbocycles. The number of anilines is 1. The van der Waals surface area contributed by atoms with Crippen LogP contribution in [-0.2, 0) is 14.8 Å². The molecule has 0 radical (unpaired) electrons. The highest BCUT2D eigenvalue weighted by Crippen LogP contribution is 2.30. The number of halogens is 1. The van der Waals surface area contributed by atoms with Gasteiger partial charge in [-0.25, -0.2) is 13.4 Å². The Morgan fingerprint density at radius 1 is 1.25 bits per heavy atom. The van der Waals surface area contributed by atoms with Crippen molar-refractivity contribution in [1.29, 1.82) is 0 Å². The third kappa shape index (κ3) is 3.65. The molecule has 146 valence electrons. The Bertz CT molecular complexity index is 1140. The summed E-state index contributed by atoms with van der Waals surface area (Å²) in [6, 6.07) is 11.2. The molecule has 1 fully saturated rings. The smallest absolute Gasteiger partial charge is 0.244 e. The van der Waals surface area contributed by atoms with Gasteiger partial charge in [-0.05, 0) is 50.1 Å². The van der Waals surface area contributed by atoms with Crippen LogP contribution in [0, 0.1) is 6.92 Å². The van der Waals surface area contributed by atoms with Gasteiger partial charge >= 0.3 is 0 Å². The van der Waals surface area contributed by atoms with Crippen molar-refractivity contribution in [2.75, 3.05) is 11.9 Å². The maximum absolute atomic E-state index is 13.0. The zero-order chi connectivity index (χ0) is 19.9. The Morgan fingerprint density at radius 2 is 2.00 bits per heavy atom. The number of amides is 1. The number of hydrogen-bond acceptors (Lipinski definition) is 5. The van der Waals surface area contributed by atoms with Gasteiger partial charge in [0.25, 0.3) is 0 Å². The first-order chi connectivity index (χ1) is 13.3. The first-order valence-corrected chi connectivity index (χ1v) is 11.4. The number of nitrogens with zero attached hydrogens (tertiary/aromatic N) is 2. The first-order valence-electron chi connectivity index (χ1n) is 8.80. The Labute approximate surface area is 172 Å². The molecular formula is C19H18ClN3O3S2. The van der Waals surface area contributed by atoms with Gasteiger partial charge in [0.05, 0.1) is 15.1 Å². The van der Waals surface area contributed by atoms with Gasteiger partial charge in [0.15, 0.2) is 5.13 Å². The molecule has 1 unspecified atom stereocenters.